The standard InChI is InChI=1S/C22H24N2O2S/c1-15-12-18-19(25)14-22(26-20(18)13-16(15)2)8-10-24(11-9-22)21(27)23-17-6-4-3-5-7-17/h3-7,12-13H,8-11,14H2,1-2H3,(H,23,27). The van der Waals surface area contributed by atoms with Crippen LogP contribution in [0.5, 0.6) is 5.75 Å². The fourth-order valence-electron chi connectivity index (χ4n) is 3.87. The zero-order chi connectivity index (χ0) is 19.0. The molecule has 1 spiro atoms. The normalized spacial score (nSPS) is 18.0. The smallest absolute Gasteiger partial charge is 0.173 e. The number of likely N-dealkylation sites (tertiary alicyclic amines) is 1. The van der Waals surface area contributed by atoms with Gasteiger partial charge in [-0.15, -0.1) is 0 Å². The molecule has 1 N–H and O–H groups in total. The minimum absolute atomic E-state index is 0.192. The van der Waals surface area contributed by atoms with Crippen molar-refractivity contribution in [3.63, 3.8) is 0 Å². The van der Waals surface area contributed by atoms with E-state index in [0.29, 0.717) is 6.42 Å². The number of thiocarbonyl (C=S) groups is 1. The van der Waals surface area contributed by atoms with Gasteiger partial charge in [0.2, 0.25) is 0 Å². The highest BCUT2D eigenvalue weighted by Crippen LogP contribution is 2.40. The quantitative estimate of drug-likeness (QED) is 0.738. The van der Waals surface area contributed by atoms with Crippen LogP contribution in [0.2, 0.25) is 0 Å². The van der Waals surface area contributed by atoms with Crippen molar-refractivity contribution < 1.29 is 9.53 Å². The summed E-state index contributed by atoms with van der Waals surface area (Å²) in [4.78, 5) is 14.9. The Bertz CT molecular complexity index is 887. The minimum atomic E-state index is -0.398. The zero-order valence-corrected chi connectivity index (χ0v) is 16.6. The van der Waals surface area contributed by atoms with Crippen LogP contribution in [0.1, 0.15) is 40.7 Å². The fraction of sp³-hybridized carbons (Fsp3) is 0.364. The molecule has 1 fully saturated rings. The first-order chi connectivity index (χ1) is 13.0. The van der Waals surface area contributed by atoms with E-state index in [4.69, 9.17) is 17.0 Å². The highest BCUT2D eigenvalue weighted by Gasteiger charge is 2.43. The second-order valence-corrected chi connectivity index (χ2v) is 7.99. The van der Waals surface area contributed by atoms with Gasteiger partial charge in [0.15, 0.2) is 10.9 Å². The Labute approximate surface area is 165 Å². The molecule has 140 valence electrons. The van der Waals surface area contributed by atoms with Crippen LogP contribution in [0.3, 0.4) is 0 Å². The van der Waals surface area contributed by atoms with Gasteiger partial charge < -0.3 is 15.0 Å². The summed E-state index contributed by atoms with van der Waals surface area (Å²) in [6.45, 7) is 5.66. The van der Waals surface area contributed by atoms with E-state index in [1.54, 1.807) is 0 Å². The number of ether oxygens (including phenoxy) is 1. The predicted molar refractivity (Wildman–Crippen MR) is 112 cm³/mol. The molecule has 0 aliphatic carbocycles. The van der Waals surface area contributed by atoms with Gasteiger partial charge in [-0.2, -0.15) is 0 Å². The molecule has 4 rings (SSSR count). The third kappa shape index (κ3) is 3.56. The number of anilines is 1. The Morgan fingerprint density at radius 3 is 2.48 bits per heavy atom. The Morgan fingerprint density at radius 2 is 1.78 bits per heavy atom. The molecule has 2 aromatic rings. The van der Waals surface area contributed by atoms with E-state index >= 15 is 0 Å². The molecule has 0 unspecified atom stereocenters. The first-order valence-electron chi connectivity index (χ1n) is 9.40. The van der Waals surface area contributed by atoms with Crippen molar-refractivity contribution in [3.8, 4) is 5.75 Å². The lowest BCUT2D eigenvalue weighted by atomic mass is 9.82. The van der Waals surface area contributed by atoms with Gasteiger partial charge in [-0.25, -0.2) is 0 Å². The maximum atomic E-state index is 12.7. The van der Waals surface area contributed by atoms with Crippen LogP contribution in [-0.2, 0) is 0 Å². The SMILES string of the molecule is Cc1cc2c(cc1C)C(=O)CC1(CCN(C(=S)Nc3ccccc3)CC1)O2. The number of aryl methyl sites for hydroxylation is 2. The molecule has 27 heavy (non-hydrogen) atoms. The Balaban J connectivity index is 1.45. The van der Waals surface area contributed by atoms with E-state index in [1.165, 1.54) is 0 Å². The van der Waals surface area contributed by atoms with Crippen molar-refractivity contribution in [2.45, 2.75) is 38.7 Å². The van der Waals surface area contributed by atoms with Gasteiger partial charge in [-0.05, 0) is 61.5 Å². The minimum Gasteiger partial charge on any atom is -0.486 e. The summed E-state index contributed by atoms with van der Waals surface area (Å²) < 4.78 is 6.40. The number of Topliss-reactive ketones (excluding diaryl/α,β-unsaturated/α-hetero) is 1. The van der Waals surface area contributed by atoms with Crippen LogP contribution >= 0.6 is 12.2 Å². The lowest BCUT2D eigenvalue weighted by Gasteiger charge is -2.44. The molecule has 2 aliphatic rings. The second-order valence-electron chi connectivity index (χ2n) is 7.60. The van der Waals surface area contributed by atoms with E-state index in [2.05, 4.69) is 17.1 Å². The van der Waals surface area contributed by atoms with Gasteiger partial charge in [0.1, 0.15) is 11.4 Å². The van der Waals surface area contributed by atoms with Gasteiger partial charge in [0.25, 0.3) is 0 Å². The van der Waals surface area contributed by atoms with E-state index in [-0.39, 0.29) is 5.78 Å². The number of nitrogens with one attached hydrogen (secondary N) is 1. The monoisotopic (exact) mass is 380 g/mol. The lowest BCUT2D eigenvalue weighted by Crippen LogP contribution is -2.53. The first kappa shape index (κ1) is 18.0. The number of nitrogens with zero attached hydrogens (tertiary/aromatic N) is 1. The summed E-state index contributed by atoms with van der Waals surface area (Å²) in [5, 5.41) is 4.02. The number of fused-ring (bicyclic) bond motifs is 1. The number of benzene rings is 2. The first-order valence-corrected chi connectivity index (χ1v) is 9.81. The number of carbonyl (C=O) groups excluding carboxylic acids is 1. The van der Waals surface area contributed by atoms with Crippen LogP contribution < -0.4 is 10.1 Å². The van der Waals surface area contributed by atoms with Crippen molar-refractivity contribution in [3.05, 3.63) is 59.2 Å². The second kappa shape index (κ2) is 6.97. The number of rotatable bonds is 1. The van der Waals surface area contributed by atoms with Crippen LogP contribution in [0.25, 0.3) is 0 Å². The zero-order valence-electron chi connectivity index (χ0n) is 15.7. The highest BCUT2D eigenvalue weighted by atomic mass is 32.1. The summed E-state index contributed by atoms with van der Waals surface area (Å²) in [6.07, 6.45) is 2.04. The van der Waals surface area contributed by atoms with Crippen LogP contribution in [-0.4, -0.2) is 34.5 Å². The van der Waals surface area contributed by atoms with Gasteiger partial charge in [0, 0.05) is 31.6 Å². The number of hydrogen-bond donors (Lipinski definition) is 1. The summed E-state index contributed by atoms with van der Waals surface area (Å²) in [5.74, 6) is 0.936. The number of piperidine rings is 1. The van der Waals surface area contributed by atoms with Crippen molar-refractivity contribution in [1.29, 1.82) is 0 Å². The summed E-state index contributed by atoms with van der Waals surface area (Å²) in [5.41, 5.74) is 3.61. The third-order valence-electron chi connectivity index (χ3n) is 5.69. The molecule has 0 saturated carbocycles. The Hall–Kier alpha value is -2.40. The summed E-state index contributed by atoms with van der Waals surface area (Å²) in [6, 6.07) is 13.9. The highest BCUT2D eigenvalue weighted by molar-refractivity contribution is 7.80. The maximum Gasteiger partial charge on any atom is 0.173 e. The molecular formula is C22H24N2O2S. The molecule has 2 aromatic carbocycles. The Kier molecular flexibility index (Phi) is 4.64. The van der Waals surface area contributed by atoms with E-state index < -0.39 is 5.60 Å². The van der Waals surface area contributed by atoms with E-state index in [0.717, 1.165) is 59.2 Å². The maximum absolute atomic E-state index is 12.7. The van der Waals surface area contributed by atoms with E-state index in [1.807, 2.05) is 49.4 Å². The number of para-hydroxylation sites is 1. The molecule has 0 atom stereocenters. The Morgan fingerprint density at radius 1 is 1.11 bits per heavy atom. The number of carbonyl (C=O) groups is 1. The third-order valence-corrected chi connectivity index (χ3v) is 6.05. The van der Waals surface area contributed by atoms with Crippen LogP contribution in [0.4, 0.5) is 5.69 Å². The summed E-state index contributed by atoms with van der Waals surface area (Å²) >= 11 is 5.57. The molecule has 0 radical (unpaired) electrons. The molecule has 1 saturated heterocycles. The lowest BCUT2D eigenvalue weighted by molar-refractivity contribution is 0.00401. The fourth-order valence-corrected chi connectivity index (χ4v) is 4.17. The van der Waals surface area contributed by atoms with Crippen molar-refractivity contribution in [1.82, 2.24) is 4.90 Å². The van der Waals surface area contributed by atoms with Gasteiger partial charge in [0.05, 0.1) is 12.0 Å². The van der Waals surface area contributed by atoms with Gasteiger partial charge >= 0.3 is 0 Å². The summed E-state index contributed by atoms with van der Waals surface area (Å²) in [7, 11) is 0. The van der Waals surface area contributed by atoms with Crippen molar-refractivity contribution in [2.75, 3.05) is 18.4 Å². The number of ketones is 1. The van der Waals surface area contributed by atoms with Gasteiger partial charge in [-0.1, -0.05) is 18.2 Å². The molecule has 0 bridgehead atoms. The van der Waals surface area contributed by atoms with E-state index in [9.17, 15) is 4.79 Å². The van der Waals surface area contributed by atoms with Crippen molar-refractivity contribution in [2.24, 2.45) is 0 Å². The van der Waals surface area contributed by atoms with Crippen LogP contribution in [0, 0.1) is 13.8 Å². The molecule has 0 amide bonds. The molecule has 0 aromatic heterocycles. The molecule has 2 heterocycles. The van der Waals surface area contributed by atoms with Gasteiger partial charge in [-0.3, -0.25) is 4.79 Å². The molecule has 4 nitrogen and oxygen atoms in total. The average molecular weight is 381 g/mol. The topological polar surface area (TPSA) is 41.6 Å². The molecule has 5 heteroatoms. The van der Waals surface area contributed by atoms with Crippen molar-refractivity contribution >= 4 is 28.8 Å². The predicted octanol–water partition coefficient (Wildman–Crippen LogP) is 4.50. The largest absolute Gasteiger partial charge is 0.486 e. The number of hydrogen-bond acceptors (Lipinski definition) is 3. The average Bonchev–Trinajstić information content (AvgIpc) is 2.65. The molecular weight excluding hydrogens is 356 g/mol. The van der Waals surface area contributed by atoms with Crippen LogP contribution in [0.15, 0.2) is 42.5 Å². The molecule has 2 aliphatic heterocycles.